The average Bonchev–Trinajstić information content (AvgIpc) is 2.65. The van der Waals surface area contributed by atoms with Gasteiger partial charge < -0.3 is 10.1 Å². The molecule has 1 N–H and O–H groups in total. The van der Waals surface area contributed by atoms with Gasteiger partial charge in [-0.1, -0.05) is 41.9 Å². The molecule has 5 nitrogen and oxygen atoms in total. The first kappa shape index (κ1) is 19.6. The van der Waals surface area contributed by atoms with Gasteiger partial charge in [0, 0.05) is 16.0 Å². The Labute approximate surface area is 160 Å². The van der Waals surface area contributed by atoms with Gasteiger partial charge in [0.25, 0.3) is 5.91 Å². The molecule has 0 spiro atoms. The summed E-state index contributed by atoms with van der Waals surface area (Å²) in [5.41, 5.74) is 1.25. The molecule has 2 aromatic carbocycles. The summed E-state index contributed by atoms with van der Waals surface area (Å²) in [6.07, 6.45) is 2.74. The van der Waals surface area contributed by atoms with Crippen molar-refractivity contribution >= 4 is 47.0 Å². The zero-order valence-electron chi connectivity index (χ0n) is 13.6. The zero-order valence-corrected chi connectivity index (χ0v) is 15.2. The Bertz CT molecular complexity index is 862. The van der Waals surface area contributed by atoms with E-state index in [2.05, 4.69) is 5.32 Å². The number of carbonyl (C=O) groups is 2. The molecule has 0 saturated carbocycles. The minimum absolute atomic E-state index is 0.273. The van der Waals surface area contributed by atoms with Gasteiger partial charge in [0.15, 0.2) is 6.61 Å². The predicted octanol–water partition coefficient (Wildman–Crippen LogP) is 4.15. The smallest absolute Gasteiger partial charge is 0.331 e. The van der Waals surface area contributed by atoms with Gasteiger partial charge in [0.05, 0.1) is 17.5 Å². The number of para-hydroxylation sites is 1. The highest BCUT2D eigenvalue weighted by Crippen LogP contribution is 2.26. The first-order valence-corrected chi connectivity index (χ1v) is 8.94. The Morgan fingerprint density at radius 2 is 1.92 bits per heavy atom. The predicted molar refractivity (Wildman–Crippen MR) is 103 cm³/mol. The minimum atomic E-state index is -0.646. The van der Waals surface area contributed by atoms with Crippen LogP contribution < -0.4 is 5.32 Å². The van der Waals surface area contributed by atoms with E-state index in [1.807, 2.05) is 12.1 Å². The van der Waals surface area contributed by atoms with Gasteiger partial charge >= 0.3 is 5.97 Å². The van der Waals surface area contributed by atoms with Crippen LogP contribution in [0, 0.1) is 11.3 Å². The fourth-order valence-corrected chi connectivity index (χ4v) is 2.81. The molecule has 1 amide bonds. The van der Waals surface area contributed by atoms with Crippen LogP contribution in [0.2, 0.25) is 5.02 Å². The Morgan fingerprint density at radius 3 is 2.69 bits per heavy atom. The van der Waals surface area contributed by atoms with Crippen molar-refractivity contribution in [2.45, 2.75) is 4.90 Å². The number of benzene rings is 2. The lowest BCUT2D eigenvalue weighted by atomic mass is 10.2. The normalized spacial score (nSPS) is 10.3. The second-order valence-electron chi connectivity index (χ2n) is 4.95. The summed E-state index contributed by atoms with van der Waals surface area (Å²) in [5.74, 6) is -0.837. The van der Waals surface area contributed by atoms with Crippen molar-refractivity contribution < 1.29 is 14.3 Å². The lowest BCUT2D eigenvalue weighted by Crippen LogP contribution is -2.20. The summed E-state index contributed by atoms with van der Waals surface area (Å²) in [6.45, 7) is -0.414. The zero-order chi connectivity index (χ0) is 18.8. The first-order valence-electron chi connectivity index (χ1n) is 7.58. The van der Waals surface area contributed by atoms with Gasteiger partial charge in [-0.3, -0.25) is 4.79 Å². The SMILES string of the molecule is N#CCSc1ccccc1NC(=O)COC(=O)/C=C/c1ccccc1Cl. The number of thioether (sulfide) groups is 1. The molecule has 0 aliphatic heterocycles. The molecular formula is C19H15ClN2O3S. The van der Waals surface area contributed by atoms with Crippen molar-refractivity contribution in [1.29, 1.82) is 5.26 Å². The summed E-state index contributed by atoms with van der Waals surface area (Å²) in [5, 5.41) is 11.8. The quantitative estimate of drug-likeness (QED) is 0.439. The summed E-state index contributed by atoms with van der Waals surface area (Å²) >= 11 is 7.30. The number of rotatable bonds is 7. The average molecular weight is 387 g/mol. The number of carbonyl (C=O) groups excluding carboxylic acids is 2. The highest BCUT2D eigenvalue weighted by atomic mass is 35.5. The van der Waals surface area contributed by atoms with Crippen LogP contribution in [0.15, 0.2) is 59.5 Å². The van der Waals surface area contributed by atoms with Crippen LogP contribution in [0.1, 0.15) is 5.56 Å². The number of ether oxygens (including phenoxy) is 1. The third-order valence-electron chi connectivity index (χ3n) is 3.10. The van der Waals surface area contributed by atoms with Crippen LogP contribution >= 0.6 is 23.4 Å². The van der Waals surface area contributed by atoms with Gasteiger partial charge in [-0.25, -0.2) is 4.79 Å². The first-order chi connectivity index (χ1) is 12.6. The maximum absolute atomic E-state index is 12.0. The number of esters is 1. The Kier molecular flexibility index (Phi) is 7.75. The van der Waals surface area contributed by atoms with E-state index < -0.39 is 18.5 Å². The molecule has 7 heteroatoms. The van der Waals surface area contributed by atoms with E-state index >= 15 is 0 Å². The van der Waals surface area contributed by atoms with Crippen LogP contribution in [0.25, 0.3) is 6.08 Å². The number of nitrogens with zero attached hydrogens (tertiary/aromatic N) is 1. The largest absolute Gasteiger partial charge is 0.452 e. The monoisotopic (exact) mass is 386 g/mol. The van der Waals surface area contributed by atoms with E-state index in [9.17, 15) is 9.59 Å². The number of hydrogen-bond donors (Lipinski definition) is 1. The highest BCUT2D eigenvalue weighted by Gasteiger charge is 2.09. The van der Waals surface area contributed by atoms with Crippen LogP contribution in [0.3, 0.4) is 0 Å². The molecule has 0 heterocycles. The number of anilines is 1. The lowest BCUT2D eigenvalue weighted by molar-refractivity contribution is -0.142. The minimum Gasteiger partial charge on any atom is -0.452 e. The molecule has 0 unspecified atom stereocenters. The van der Waals surface area contributed by atoms with Crippen LogP contribution in [0.5, 0.6) is 0 Å². The van der Waals surface area contributed by atoms with Crippen molar-refractivity contribution in [1.82, 2.24) is 0 Å². The number of nitriles is 1. The van der Waals surface area contributed by atoms with E-state index in [4.69, 9.17) is 21.6 Å². The standard InChI is InChI=1S/C19H15ClN2O3S/c20-15-6-2-1-5-14(15)9-10-19(24)25-13-18(23)22-16-7-3-4-8-17(16)26-12-11-21/h1-10H,12-13H2,(H,22,23)/b10-9+. The van der Waals surface area contributed by atoms with Crippen molar-refractivity contribution in [3.63, 3.8) is 0 Å². The Hall–Kier alpha value is -2.75. The van der Waals surface area contributed by atoms with Gasteiger partial charge in [0.2, 0.25) is 0 Å². The fourth-order valence-electron chi connectivity index (χ4n) is 1.94. The summed E-state index contributed by atoms with van der Waals surface area (Å²) in [4.78, 5) is 24.5. The third kappa shape index (κ3) is 6.28. The molecule has 0 atom stereocenters. The molecule has 0 bridgehead atoms. The van der Waals surface area contributed by atoms with Crippen LogP contribution in [-0.2, 0) is 14.3 Å². The van der Waals surface area contributed by atoms with E-state index in [0.717, 1.165) is 4.90 Å². The fraction of sp³-hybridized carbons (Fsp3) is 0.105. The van der Waals surface area contributed by atoms with E-state index in [1.165, 1.54) is 23.9 Å². The van der Waals surface area contributed by atoms with Crippen molar-refractivity contribution in [3.05, 3.63) is 65.2 Å². The van der Waals surface area contributed by atoms with Gasteiger partial charge in [0.1, 0.15) is 0 Å². The second-order valence-corrected chi connectivity index (χ2v) is 6.38. The highest BCUT2D eigenvalue weighted by molar-refractivity contribution is 7.99. The summed E-state index contributed by atoms with van der Waals surface area (Å²) < 4.78 is 4.92. The van der Waals surface area contributed by atoms with Gasteiger partial charge in [-0.05, 0) is 29.8 Å². The molecule has 2 rings (SSSR count). The molecule has 0 aliphatic rings. The number of nitrogens with one attached hydrogen (secondary N) is 1. The van der Waals surface area contributed by atoms with Crippen LogP contribution in [0.4, 0.5) is 5.69 Å². The Balaban J connectivity index is 1.86. The third-order valence-corrected chi connectivity index (χ3v) is 4.39. The topological polar surface area (TPSA) is 79.2 Å². The van der Waals surface area contributed by atoms with Crippen molar-refractivity contribution in [3.8, 4) is 6.07 Å². The van der Waals surface area contributed by atoms with Crippen molar-refractivity contribution in [2.24, 2.45) is 0 Å². The molecule has 0 aromatic heterocycles. The molecule has 0 radical (unpaired) electrons. The van der Waals surface area contributed by atoms with E-state index in [0.29, 0.717) is 16.3 Å². The second kappa shape index (κ2) is 10.3. The van der Waals surface area contributed by atoms with E-state index in [1.54, 1.807) is 42.5 Å². The molecule has 2 aromatic rings. The molecule has 132 valence electrons. The summed E-state index contributed by atoms with van der Waals surface area (Å²) in [7, 11) is 0. The summed E-state index contributed by atoms with van der Waals surface area (Å²) in [6, 6.07) is 16.2. The lowest BCUT2D eigenvalue weighted by Gasteiger charge is -2.09. The molecular weight excluding hydrogens is 372 g/mol. The number of amides is 1. The number of hydrogen-bond acceptors (Lipinski definition) is 5. The van der Waals surface area contributed by atoms with Gasteiger partial charge in [-0.2, -0.15) is 5.26 Å². The van der Waals surface area contributed by atoms with Crippen LogP contribution in [-0.4, -0.2) is 24.2 Å². The molecule has 0 saturated heterocycles. The van der Waals surface area contributed by atoms with E-state index in [-0.39, 0.29) is 5.75 Å². The maximum Gasteiger partial charge on any atom is 0.331 e. The molecule has 26 heavy (non-hydrogen) atoms. The molecule has 0 fully saturated rings. The van der Waals surface area contributed by atoms with Crippen molar-refractivity contribution in [2.75, 3.05) is 17.7 Å². The number of halogens is 1. The Morgan fingerprint density at radius 1 is 1.19 bits per heavy atom. The molecule has 0 aliphatic carbocycles. The van der Waals surface area contributed by atoms with Gasteiger partial charge in [-0.15, -0.1) is 11.8 Å². The maximum atomic E-state index is 12.0.